The number of nitrogens with zero attached hydrogens (tertiary/aromatic N) is 2. The van der Waals surface area contributed by atoms with Crippen molar-refractivity contribution >= 4 is 0 Å². The van der Waals surface area contributed by atoms with Crippen LogP contribution in [0.15, 0.2) is 0 Å². The first kappa shape index (κ1) is 14.9. The van der Waals surface area contributed by atoms with Gasteiger partial charge in [-0.2, -0.15) is 0 Å². The molecule has 2 atom stereocenters. The van der Waals surface area contributed by atoms with Crippen molar-refractivity contribution < 1.29 is 0 Å². The van der Waals surface area contributed by atoms with Gasteiger partial charge in [0.25, 0.3) is 0 Å². The van der Waals surface area contributed by atoms with Crippen molar-refractivity contribution in [3.8, 4) is 0 Å². The van der Waals surface area contributed by atoms with E-state index in [4.69, 9.17) is 0 Å². The highest BCUT2D eigenvalue weighted by atomic mass is 15.2. The lowest BCUT2D eigenvalue weighted by molar-refractivity contribution is 0.119. The van der Waals surface area contributed by atoms with Gasteiger partial charge in [-0.3, -0.25) is 0 Å². The maximum atomic E-state index is 3.61. The molecule has 0 aromatic heterocycles. The molecule has 0 aromatic rings. The van der Waals surface area contributed by atoms with E-state index in [0.717, 1.165) is 12.6 Å². The molecule has 0 saturated carbocycles. The topological polar surface area (TPSA) is 18.5 Å². The molecule has 0 radical (unpaired) electrons. The van der Waals surface area contributed by atoms with Crippen LogP contribution in [0.1, 0.15) is 33.6 Å². The van der Waals surface area contributed by atoms with Gasteiger partial charge in [0.2, 0.25) is 0 Å². The van der Waals surface area contributed by atoms with Crippen LogP contribution in [0, 0.1) is 5.92 Å². The van der Waals surface area contributed by atoms with Crippen molar-refractivity contribution in [2.45, 2.75) is 45.7 Å². The van der Waals surface area contributed by atoms with Crippen molar-refractivity contribution in [3.63, 3.8) is 0 Å². The Hall–Kier alpha value is -0.120. The molecule has 102 valence electrons. The monoisotopic (exact) mass is 241 g/mol. The van der Waals surface area contributed by atoms with E-state index in [1.807, 2.05) is 0 Å². The number of rotatable bonds is 6. The fraction of sp³-hybridized carbons (Fsp3) is 1.00. The minimum Gasteiger partial charge on any atom is -0.313 e. The van der Waals surface area contributed by atoms with Crippen molar-refractivity contribution in [2.75, 3.05) is 40.3 Å². The normalized spacial score (nSPS) is 24.5. The van der Waals surface area contributed by atoms with Crippen LogP contribution in [0.2, 0.25) is 0 Å². The van der Waals surface area contributed by atoms with Gasteiger partial charge in [0, 0.05) is 25.2 Å². The standard InChI is InChI=1S/C14H31N3/c1-6-15-14(12(2)3)11-17(5)13-8-7-9-16(4)10-13/h12-15H,6-11H2,1-5H3. The van der Waals surface area contributed by atoms with Crippen LogP contribution in [0.5, 0.6) is 0 Å². The summed E-state index contributed by atoms with van der Waals surface area (Å²) in [6.45, 7) is 11.6. The molecule has 1 aliphatic heterocycles. The molecule has 1 N–H and O–H groups in total. The van der Waals surface area contributed by atoms with Gasteiger partial charge in [-0.05, 0) is 45.9 Å². The minimum absolute atomic E-state index is 0.622. The van der Waals surface area contributed by atoms with Gasteiger partial charge in [0.15, 0.2) is 0 Å². The zero-order valence-corrected chi connectivity index (χ0v) is 12.4. The van der Waals surface area contributed by atoms with E-state index >= 15 is 0 Å². The third-order valence-corrected chi connectivity index (χ3v) is 3.98. The Kier molecular flexibility index (Phi) is 6.45. The predicted molar refractivity (Wildman–Crippen MR) is 75.5 cm³/mol. The van der Waals surface area contributed by atoms with Crippen LogP contribution in [-0.4, -0.2) is 62.2 Å². The van der Waals surface area contributed by atoms with Gasteiger partial charge in [0.1, 0.15) is 0 Å². The Balaban J connectivity index is 2.42. The van der Waals surface area contributed by atoms with E-state index in [2.05, 4.69) is 50.0 Å². The molecule has 0 spiro atoms. The van der Waals surface area contributed by atoms with Gasteiger partial charge < -0.3 is 15.1 Å². The van der Waals surface area contributed by atoms with Gasteiger partial charge in [-0.1, -0.05) is 20.8 Å². The zero-order valence-electron chi connectivity index (χ0n) is 12.4. The van der Waals surface area contributed by atoms with E-state index in [-0.39, 0.29) is 0 Å². The summed E-state index contributed by atoms with van der Waals surface area (Å²) in [6, 6.07) is 1.37. The largest absolute Gasteiger partial charge is 0.313 e. The third-order valence-electron chi connectivity index (χ3n) is 3.98. The van der Waals surface area contributed by atoms with E-state index in [0.29, 0.717) is 12.0 Å². The lowest BCUT2D eigenvalue weighted by Crippen LogP contribution is -2.50. The van der Waals surface area contributed by atoms with E-state index in [1.54, 1.807) is 0 Å². The number of piperidine rings is 1. The average Bonchev–Trinajstić information content (AvgIpc) is 2.28. The molecule has 0 bridgehead atoms. The highest BCUT2D eigenvalue weighted by Crippen LogP contribution is 2.15. The van der Waals surface area contributed by atoms with E-state index < -0.39 is 0 Å². The smallest absolute Gasteiger partial charge is 0.0221 e. The highest BCUT2D eigenvalue weighted by molar-refractivity contribution is 4.81. The lowest BCUT2D eigenvalue weighted by atomic mass is 10.0. The number of hydrogen-bond acceptors (Lipinski definition) is 3. The molecule has 1 fully saturated rings. The Morgan fingerprint density at radius 2 is 2.12 bits per heavy atom. The molecule has 1 rings (SSSR count). The third kappa shape index (κ3) is 4.94. The summed E-state index contributed by atoms with van der Waals surface area (Å²) < 4.78 is 0. The molecule has 0 aliphatic carbocycles. The molecule has 0 amide bonds. The summed E-state index contributed by atoms with van der Waals surface area (Å²) in [6.07, 6.45) is 2.71. The molecule has 1 aliphatic rings. The van der Waals surface area contributed by atoms with Crippen LogP contribution in [0.3, 0.4) is 0 Å². The molecular weight excluding hydrogens is 210 g/mol. The molecule has 0 aromatic carbocycles. The lowest BCUT2D eigenvalue weighted by Gasteiger charge is -2.38. The van der Waals surface area contributed by atoms with E-state index in [9.17, 15) is 0 Å². The van der Waals surface area contributed by atoms with E-state index in [1.165, 1.54) is 32.5 Å². The van der Waals surface area contributed by atoms with Crippen LogP contribution < -0.4 is 5.32 Å². The van der Waals surface area contributed by atoms with Crippen LogP contribution in [0.4, 0.5) is 0 Å². The van der Waals surface area contributed by atoms with Gasteiger partial charge >= 0.3 is 0 Å². The number of likely N-dealkylation sites (tertiary alicyclic amines) is 1. The Bertz CT molecular complexity index is 206. The molecule has 17 heavy (non-hydrogen) atoms. The number of nitrogens with one attached hydrogen (secondary N) is 1. The summed E-state index contributed by atoms with van der Waals surface area (Å²) >= 11 is 0. The van der Waals surface area contributed by atoms with Crippen molar-refractivity contribution in [3.05, 3.63) is 0 Å². The first-order valence-electron chi connectivity index (χ1n) is 7.16. The average molecular weight is 241 g/mol. The predicted octanol–water partition coefficient (Wildman–Crippen LogP) is 1.65. The van der Waals surface area contributed by atoms with Crippen molar-refractivity contribution in [2.24, 2.45) is 5.92 Å². The molecule has 1 heterocycles. The summed E-state index contributed by atoms with van der Waals surface area (Å²) in [5.74, 6) is 0.707. The SMILES string of the molecule is CCNC(CN(C)C1CCCN(C)C1)C(C)C. The van der Waals surface area contributed by atoms with Crippen molar-refractivity contribution in [1.29, 1.82) is 0 Å². The fourth-order valence-corrected chi connectivity index (χ4v) is 2.73. The summed E-state index contributed by atoms with van der Waals surface area (Å²) in [7, 11) is 4.53. The molecule has 3 nitrogen and oxygen atoms in total. The number of hydrogen-bond donors (Lipinski definition) is 1. The Morgan fingerprint density at radius 1 is 1.41 bits per heavy atom. The quantitative estimate of drug-likeness (QED) is 0.763. The second kappa shape index (κ2) is 7.34. The first-order valence-corrected chi connectivity index (χ1v) is 7.16. The maximum Gasteiger partial charge on any atom is 0.0221 e. The fourth-order valence-electron chi connectivity index (χ4n) is 2.73. The Labute approximate surface area is 108 Å². The van der Waals surface area contributed by atoms with Crippen LogP contribution in [-0.2, 0) is 0 Å². The van der Waals surface area contributed by atoms with Gasteiger partial charge in [-0.25, -0.2) is 0 Å². The molecule has 3 heteroatoms. The highest BCUT2D eigenvalue weighted by Gasteiger charge is 2.23. The van der Waals surface area contributed by atoms with Crippen LogP contribution >= 0.6 is 0 Å². The summed E-state index contributed by atoms with van der Waals surface area (Å²) in [4.78, 5) is 5.02. The van der Waals surface area contributed by atoms with Gasteiger partial charge in [-0.15, -0.1) is 0 Å². The second-order valence-corrected chi connectivity index (χ2v) is 5.91. The maximum absolute atomic E-state index is 3.61. The minimum atomic E-state index is 0.622. The van der Waals surface area contributed by atoms with Gasteiger partial charge in [0.05, 0.1) is 0 Å². The second-order valence-electron chi connectivity index (χ2n) is 5.91. The van der Waals surface area contributed by atoms with Crippen LogP contribution in [0.25, 0.3) is 0 Å². The first-order chi connectivity index (χ1) is 8.04. The zero-order chi connectivity index (χ0) is 12.8. The molecule has 2 unspecified atom stereocenters. The molecule has 1 saturated heterocycles. The summed E-state index contributed by atoms with van der Waals surface area (Å²) in [5, 5.41) is 3.61. The van der Waals surface area contributed by atoms with Crippen molar-refractivity contribution in [1.82, 2.24) is 15.1 Å². The Morgan fingerprint density at radius 3 is 2.65 bits per heavy atom. The number of likely N-dealkylation sites (N-methyl/N-ethyl adjacent to an activating group) is 3. The summed E-state index contributed by atoms with van der Waals surface area (Å²) in [5.41, 5.74) is 0. The molecular formula is C14H31N3.